The summed E-state index contributed by atoms with van der Waals surface area (Å²) >= 11 is 0. The monoisotopic (exact) mass is 774 g/mol. The van der Waals surface area contributed by atoms with Crippen LogP contribution in [-0.4, -0.2) is 127 Å². The molecule has 1 fully saturated rings. The van der Waals surface area contributed by atoms with Crippen molar-refractivity contribution in [2.45, 2.75) is 156 Å². The largest absolute Gasteiger partial charge is 0.386 e. The van der Waals surface area contributed by atoms with Crippen molar-refractivity contribution in [2.24, 2.45) is 23.7 Å². The van der Waals surface area contributed by atoms with Gasteiger partial charge in [0.15, 0.2) is 0 Å². The summed E-state index contributed by atoms with van der Waals surface area (Å²) in [7, 11) is 6.84. The molecule has 0 radical (unpaired) electrons. The highest BCUT2D eigenvalue weighted by Crippen LogP contribution is 2.30. The minimum atomic E-state index is -0.877. The van der Waals surface area contributed by atoms with Crippen molar-refractivity contribution >= 4 is 23.6 Å². The van der Waals surface area contributed by atoms with Gasteiger partial charge in [-0.05, 0) is 63.5 Å². The van der Waals surface area contributed by atoms with E-state index in [0.717, 1.165) is 19.3 Å². The van der Waals surface area contributed by atoms with Gasteiger partial charge in [-0.25, -0.2) is 0 Å². The molecular formula is C43H75N5O7. The van der Waals surface area contributed by atoms with Gasteiger partial charge in [0.1, 0.15) is 6.04 Å². The van der Waals surface area contributed by atoms with Crippen LogP contribution in [0.15, 0.2) is 30.3 Å². The topological polar surface area (TPSA) is 141 Å². The summed E-state index contributed by atoms with van der Waals surface area (Å²) in [5.74, 6) is -1.56. The zero-order valence-corrected chi connectivity index (χ0v) is 36.4. The summed E-state index contributed by atoms with van der Waals surface area (Å²) in [6, 6.07) is 6.91. The van der Waals surface area contributed by atoms with Gasteiger partial charge in [-0.2, -0.15) is 0 Å². The van der Waals surface area contributed by atoms with E-state index in [1.54, 1.807) is 44.9 Å². The van der Waals surface area contributed by atoms with Gasteiger partial charge < -0.3 is 35.0 Å². The number of nitrogens with one attached hydrogen (secondary N) is 2. The molecule has 314 valence electrons. The van der Waals surface area contributed by atoms with Crippen LogP contribution in [0.2, 0.25) is 0 Å². The number of rotatable bonds is 22. The highest BCUT2D eigenvalue weighted by atomic mass is 16.5. The predicted octanol–water partition coefficient (Wildman–Crippen LogP) is 5.04. The summed E-state index contributed by atoms with van der Waals surface area (Å²) in [5.41, 5.74) is 0.712. The lowest BCUT2D eigenvalue weighted by Gasteiger charge is -2.41. The van der Waals surface area contributed by atoms with E-state index in [0.29, 0.717) is 18.5 Å². The molecule has 2 rings (SSSR count). The minimum absolute atomic E-state index is 0.0202. The fourth-order valence-electron chi connectivity index (χ4n) is 8.17. The van der Waals surface area contributed by atoms with Crippen molar-refractivity contribution < 1.29 is 33.8 Å². The number of carbonyl (C=O) groups excluding carboxylic acids is 4. The van der Waals surface area contributed by atoms with Crippen LogP contribution < -0.4 is 10.6 Å². The van der Waals surface area contributed by atoms with E-state index in [1.807, 2.05) is 65.1 Å². The average Bonchev–Trinajstić information content (AvgIpc) is 3.65. The quantitative estimate of drug-likeness (QED) is 0.149. The van der Waals surface area contributed by atoms with Crippen LogP contribution in [0.25, 0.3) is 0 Å². The first kappa shape index (κ1) is 48.1. The number of likely N-dealkylation sites (tertiary alicyclic amines) is 1. The zero-order valence-electron chi connectivity index (χ0n) is 36.4. The van der Waals surface area contributed by atoms with Crippen molar-refractivity contribution in [3.8, 4) is 0 Å². The molecule has 1 heterocycles. The van der Waals surface area contributed by atoms with Gasteiger partial charge in [-0.1, -0.05) is 92.1 Å². The zero-order chi connectivity index (χ0) is 41.7. The summed E-state index contributed by atoms with van der Waals surface area (Å²) in [6.45, 7) is 20.3. The molecule has 1 aromatic rings. The Labute approximate surface area is 332 Å². The molecule has 0 spiro atoms. The molecule has 1 saturated heterocycles. The van der Waals surface area contributed by atoms with Gasteiger partial charge in [-0.3, -0.25) is 24.1 Å². The van der Waals surface area contributed by atoms with E-state index in [-0.39, 0.29) is 59.9 Å². The van der Waals surface area contributed by atoms with E-state index in [1.165, 1.54) is 0 Å². The van der Waals surface area contributed by atoms with Gasteiger partial charge in [0.2, 0.25) is 23.6 Å². The average molecular weight is 774 g/mol. The van der Waals surface area contributed by atoms with Crippen LogP contribution in [0.3, 0.4) is 0 Å². The Morgan fingerprint density at radius 3 is 2.00 bits per heavy atom. The lowest BCUT2D eigenvalue weighted by Crippen LogP contribution is -2.60. The number of hydrogen-bond acceptors (Lipinski definition) is 8. The minimum Gasteiger partial charge on any atom is -0.386 e. The Kier molecular flexibility index (Phi) is 19.8. The molecule has 1 aliphatic rings. The van der Waals surface area contributed by atoms with E-state index in [9.17, 15) is 24.3 Å². The molecule has 0 saturated carbocycles. The van der Waals surface area contributed by atoms with E-state index < -0.39 is 48.4 Å². The fourth-order valence-corrected chi connectivity index (χ4v) is 8.17. The van der Waals surface area contributed by atoms with Gasteiger partial charge in [0.05, 0.1) is 54.8 Å². The smallest absolute Gasteiger partial charge is 0.245 e. The first-order valence-corrected chi connectivity index (χ1v) is 20.5. The lowest BCUT2D eigenvalue weighted by atomic mass is 9.89. The second-order valence-electron chi connectivity index (χ2n) is 16.6. The number of amides is 4. The first-order valence-electron chi connectivity index (χ1n) is 20.5. The van der Waals surface area contributed by atoms with E-state index >= 15 is 0 Å². The molecule has 12 nitrogen and oxygen atoms in total. The molecule has 0 aromatic heterocycles. The van der Waals surface area contributed by atoms with Crippen LogP contribution in [0.5, 0.6) is 0 Å². The van der Waals surface area contributed by atoms with Crippen LogP contribution in [0.4, 0.5) is 0 Å². The normalized spacial score (nSPS) is 20.3. The Hall–Kier alpha value is -3.06. The number of aliphatic hydroxyl groups is 1. The maximum atomic E-state index is 14.4. The Morgan fingerprint density at radius 1 is 0.873 bits per heavy atom. The molecule has 1 aliphatic heterocycles. The van der Waals surface area contributed by atoms with E-state index in [4.69, 9.17) is 9.47 Å². The second-order valence-corrected chi connectivity index (χ2v) is 16.6. The van der Waals surface area contributed by atoms with Crippen molar-refractivity contribution in [3.63, 3.8) is 0 Å². The van der Waals surface area contributed by atoms with Crippen molar-refractivity contribution in [2.75, 3.05) is 34.9 Å². The fraction of sp³-hybridized carbons (Fsp3) is 0.767. The van der Waals surface area contributed by atoms with Gasteiger partial charge >= 0.3 is 0 Å². The number of carbonyl (C=O) groups is 4. The number of ether oxygens (including phenoxy) is 2. The molecule has 55 heavy (non-hydrogen) atoms. The van der Waals surface area contributed by atoms with Crippen LogP contribution in [0.1, 0.15) is 113 Å². The van der Waals surface area contributed by atoms with Gasteiger partial charge in [0.25, 0.3) is 0 Å². The Bertz CT molecular complexity index is 1350. The highest BCUT2D eigenvalue weighted by molar-refractivity contribution is 5.90. The van der Waals surface area contributed by atoms with Crippen LogP contribution >= 0.6 is 0 Å². The third-order valence-corrected chi connectivity index (χ3v) is 12.1. The molecule has 12 heteroatoms. The molecule has 4 amide bonds. The summed E-state index contributed by atoms with van der Waals surface area (Å²) in [5, 5.41) is 16.9. The SMILES string of the molecule is CCC(C)C(C(CC(=O)N1CCCC1C(OC)C(C)C(=O)NC(C)C(O)c1ccccc1)OC)N(C)C(=O)C(NC(=O)C(C(C)C)N(C)C(C)CC)C(C)C. The third-order valence-electron chi connectivity index (χ3n) is 12.1. The summed E-state index contributed by atoms with van der Waals surface area (Å²) in [4.78, 5) is 61.5. The van der Waals surface area contributed by atoms with Crippen molar-refractivity contribution in [1.82, 2.24) is 25.3 Å². The number of hydrogen-bond donors (Lipinski definition) is 3. The number of aliphatic hydroxyl groups excluding tert-OH is 1. The molecule has 0 bridgehead atoms. The predicted molar refractivity (Wildman–Crippen MR) is 218 cm³/mol. The summed E-state index contributed by atoms with van der Waals surface area (Å²) in [6.07, 6.45) is 1.03. The van der Waals surface area contributed by atoms with Gasteiger partial charge in [-0.15, -0.1) is 0 Å². The lowest BCUT2D eigenvalue weighted by molar-refractivity contribution is -0.148. The first-order chi connectivity index (χ1) is 25.9. The van der Waals surface area contributed by atoms with Gasteiger partial charge in [0, 0.05) is 33.9 Å². The number of likely N-dealkylation sites (N-methyl/N-ethyl adjacent to an activating group) is 2. The van der Waals surface area contributed by atoms with Crippen LogP contribution in [0, 0.1) is 23.7 Å². The van der Waals surface area contributed by atoms with E-state index in [2.05, 4.69) is 43.2 Å². The summed E-state index contributed by atoms with van der Waals surface area (Å²) < 4.78 is 12.0. The molecule has 3 N–H and O–H groups in total. The standard InChI is InChI=1S/C43H75N5O7/c1-15-28(7)38(47(12)43(53)36(26(3)4)45-42(52)37(27(5)6)46(11)29(8)16-2)34(54-13)25-35(49)48-24-20-23-33(48)40(55-14)30(9)41(51)44-31(10)39(50)32-21-18-17-19-22-32/h17-19,21-22,26-31,33-34,36-40,50H,15-16,20,23-25H2,1-14H3,(H,44,51)(H,45,52). The van der Waals surface area contributed by atoms with Crippen molar-refractivity contribution in [1.29, 1.82) is 0 Å². The van der Waals surface area contributed by atoms with Crippen molar-refractivity contribution in [3.05, 3.63) is 35.9 Å². The third kappa shape index (κ3) is 12.5. The molecule has 11 atom stereocenters. The number of nitrogens with zero attached hydrogens (tertiary/aromatic N) is 3. The molecule has 0 aliphatic carbocycles. The second kappa shape index (κ2) is 22.6. The molecule has 1 aromatic carbocycles. The maximum absolute atomic E-state index is 14.4. The maximum Gasteiger partial charge on any atom is 0.245 e. The number of methoxy groups -OCH3 is 2. The molecular weight excluding hydrogens is 699 g/mol. The highest BCUT2D eigenvalue weighted by Gasteiger charge is 2.43. The number of benzene rings is 1. The van der Waals surface area contributed by atoms with Crippen LogP contribution in [-0.2, 0) is 28.7 Å². The molecule has 11 unspecified atom stereocenters. The Morgan fingerprint density at radius 2 is 1.49 bits per heavy atom. The Balaban J connectivity index is 2.27.